The fourth-order valence-electron chi connectivity index (χ4n) is 3.07. The Labute approximate surface area is 154 Å². The van der Waals surface area contributed by atoms with E-state index in [0.29, 0.717) is 49.1 Å². The Hall–Kier alpha value is -2.75. The smallest absolute Gasteiger partial charge is 0.245 e. The first-order chi connectivity index (χ1) is 12.7. The Bertz CT molecular complexity index is 911. The van der Waals surface area contributed by atoms with Crippen LogP contribution in [0, 0.1) is 0 Å². The van der Waals surface area contributed by atoms with Gasteiger partial charge in [0.15, 0.2) is 11.6 Å². The number of amides is 1. The molecule has 26 heavy (non-hydrogen) atoms. The highest BCUT2D eigenvalue weighted by Crippen LogP contribution is 2.28. The number of piperazine rings is 1. The molecule has 1 aliphatic heterocycles. The number of fused-ring (bicyclic) bond motifs is 1. The van der Waals surface area contributed by atoms with Crippen LogP contribution in [0.4, 0.5) is 11.6 Å². The maximum Gasteiger partial charge on any atom is 0.245 e. The maximum atomic E-state index is 12.6. The zero-order valence-corrected chi connectivity index (χ0v) is 15.4. The van der Waals surface area contributed by atoms with Gasteiger partial charge in [0.25, 0.3) is 0 Å². The first kappa shape index (κ1) is 16.7. The van der Waals surface area contributed by atoms with Crippen LogP contribution in [-0.2, 0) is 11.3 Å². The lowest BCUT2D eigenvalue weighted by atomic mass is 10.1. The SMILES string of the molecule is CCN1CCN(c2nc3nonc3nc2NCc2cccs2)[C@@H](C)C1=O. The molecular weight excluding hydrogens is 354 g/mol. The lowest BCUT2D eigenvalue weighted by molar-refractivity contribution is -0.133. The van der Waals surface area contributed by atoms with Crippen molar-refractivity contribution in [1.29, 1.82) is 0 Å². The second-order valence-electron chi connectivity index (χ2n) is 6.03. The summed E-state index contributed by atoms with van der Waals surface area (Å²) in [6, 6.07) is 3.73. The maximum absolute atomic E-state index is 12.6. The van der Waals surface area contributed by atoms with Gasteiger partial charge in [0.2, 0.25) is 17.2 Å². The van der Waals surface area contributed by atoms with E-state index in [1.54, 1.807) is 11.3 Å². The Morgan fingerprint density at radius 2 is 2.12 bits per heavy atom. The fourth-order valence-corrected chi connectivity index (χ4v) is 3.71. The monoisotopic (exact) mass is 373 g/mol. The number of hydrogen-bond donors (Lipinski definition) is 1. The molecule has 3 aromatic rings. The van der Waals surface area contributed by atoms with Gasteiger partial charge in [-0.15, -0.1) is 11.3 Å². The van der Waals surface area contributed by atoms with Crippen molar-refractivity contribution >= 4 is 40.2 Å². The van der Waals surface area contributed by atoms with E-state index in [9.17, 15) is 4.79 Å². The summed E-state index contributed by atoms with van der Waals surface area (Å²) in [7, 11) is 0. The number of carbonyl (C=O) groups excluding carboxylic acids is 1. The first-order valence-corrected chi connectivity index (χ1v) is 9.37. The fraction of sp³-hybridized carbons (Fsp3) is 0.438. The van der Waals surface area contributed by atoms with Gasteiger partial charge < -0.3 is 15.1 Å². The predicted octanol–water partition coefficient (Wildman–Crippen LogP) is 1.74. The van der Waals surface area contributed by atoms with Crippen LogP contribution in [0.1, 0.15) is 18.7 Å². The second-order valence-corrected chi connectivity index (χ2v) is 7.06. The molecule has 1 N–H and O–H groups in total. The molecule has 0 saturated carbocycles. The minimum absolute atomic E-state index is 0.0862. The molecule has 0 spiro atoms. The number of carbonyl (C=O) groups is 1. The van der Waals surface area contributed by atoms with Crippen molar-refractivity contribution in [3.05, 3.63) is 22.4 Å². The number of thiophene rings is 1. The van der Waals surface area contributed by atoms with Crippen molar-refractivity contribution in [2.75, 3.05) is 29.9 Å². The van der Waals surface area contributed by atoms with Crippen molar-refractivity contribution in [3.8, 4) is 0 Å². The summed E-state index contributed by atoms with van der Waals surface area (Å²) in [4.78, 5) is 26.6. The number of aromatic nitrogens is 4. The topological polar surface area (TPSA) is 100 Å². The van der Waals surface area contributed by atoms with Crippen LogP contribution in [0.5, 0.6) is 0 Å². The second kappa shape index (κ2) is 6.87. The average molecular weight is 373 g/mol. The molecule has 4 heterocycles. The van der Waals surface area contributed by atoms with Gasteiger partial charge in [0.05, 0.1) is 6.54 Å². The Balaban J connectivity index is 1.68. The third-order valence-corrected chi connectivity index (χ3v) is 5.38. The van der Waals surface area contributed by atoms with Crippen molar-refractivity contribution in [2.24, 2.45) is 0 Å². The zero-order chi connectivity index (χ0) is 18.1. The molecule has 1 saturated heterocycles. The van der Waals surface area contributed by atoms with E-state index < -0.39 is 0 Å². The molecular formula is C16H19N7O2S. The summed E-state index contributed by atoms with van der Waals surface area (Å²) in [6.45, 7) is 6.54. The molecule has 1 fully saturated rings. The molecule has 4 rings (SSSR count). The Kier molecular flexibility index (Phi) is 4.41. The van der Waals surface area contributed by atoms with Gasteiger partial charge >= 0.3 is 0 Å². The van der Waals surface area contributed by atoms with Crippen molar-refractivity contribution < 1.29 is 9.42 Å². The van der Waals surface area contributed by atoms with Crippen LogP contribution in [-0.4, -0.2) is 56.8 Å². The average Bonchev–Trinajstić information content (AvgIpc) is 3.32. The van der Waals surface area contributed by atoms with Gasteiger partial charge in [-0.05, 0) is 35.6 Å². The van der Waals surface area contributed by atoms with Crippen molar-refractivity contribution in [1.82, 2.24) is 25.2 Å². The molecule has 0 radical (unpaired) electrons. The van der Waals surface area contributed by atoms with Gasteiger partial charge in [-0.2, -0.15) is 0 Å². The minimum atomic E-state index is -0.322. The summed E-state index contributed by atoms with van der Waals surface area (Å²) in [5.74, 6) is 1.26. The molecule has 9 nitrogen and oxygen atoms in total. The summed E-state index contributed by atoms with van der Waals surface area (Å²) in [5.41, 5.74) is 0.674. The van der Waals surface area contributed by atoms with Crippen molar-refractivity contribution in [2.45, 2.75) is 26.4 Å². The van der Waals surface area contributed by atoms with Crippen LogP contribution in [0.3, 0.4) is 0 Å². The number of nitrogens with zero attached hydrogens (tertiary/aromatic N) is 6. The number of rotatable bonds is 5. The van der Waals surface area contributed by atoms with E-state index in [4.69, 9.17) is 4.63 Å². The van der Waals surface area contributed by atoms with Crippen LogP contribution in [0.25, 0.3) is 11.3 Å². The molecule has 1 atom stereocenters. The quantitative estimate of drug-likeness (QED) is 0.722. The molecule has 10 heteroatoms. The van der Waals surface area contributed by atoms with Crippen LogP contribution >= 0.6 is 11.3 Å². The van der Waals surface area contributed by atoms with E-state index in [1.165, 1.54) is 4.88 Å². The van der Waals surface area contributed by atoms with Crippen molar-refractivity contribution in [3.63, 3.8) is 0 Å². The molecule has 0 unspecified atom stereocenters. The highest BCUT2D eigenvalue weighted by atomic mass is 32.1. The van der Waals surface area contributed by atoms with Gasteiger partial charge in [-0.1, -0.05) is 6.07 Å². The summed E-state index contributed by atoms with van der Waals surface area (Å²) in [6.07, 6.45) is 0. The Morgan fingerprint density at radius 1 is 1.31 bits per heavy atom. The normalized spacial score (nSPS) is 17.9. The van der Waals surface area contributed by atoms with E-state index in [-0.39, 0.29) is 11.9 Å². The summed E-state index contributed by atoms with van der Waals surface area (Å²) >= 11 is 1.66. The number of hydrogen-bond acceptors (Lipinski definition) is 9. The third-order valence-electron chi connectivity index (χ3n) is 4.51. The van der Waals surface area contributed by atoms with Gasteiger partial charge in [0, 0.05) is 24.5 Å². The molecule has 0 aromatic carbocycles. The number of likely N-dealkylation sites (N-methyl/N-ethyl adjacent to an activating group) is 1. The molecule has 1 amide bonds. The first-order valence-electron chi connectivity index (χ1n) is 8.49. The van der Waals surface area contributed by atoms with E-state index >= 15 is 0 Å². The van der Waals surface area contributed by atoms with Crippen LogP contribution < -0.4 is 10.2 Å². The lowest BCUT2D eigenvalue weighted by Gasteiger charge is -2.39. The summed E-state index contributed by atoms with van der Waals surface area (Å²) in [5, 5.41) is 12.9. The molecule has 0 bridgehead atoms. The predicted molar refractivity (Wildman–Crippen MR) is 98.1 cm³/mol. The lowest BCUT2D eigenvalue weighted by Crippen LogP contribution is -2.56. The van der Waals surface area contributed by atoms with Gasteiger partial charge in [-0.3, -0.25) is 4.79 Å². The molecule has 0 aliphatic carbocycles. The van der Waals surface area contributed by atoms with Gasteiger partial charge in [0.1, 0.15) is 6.04 Å². The standard InChI is InChI=1S/C16H19N7O2S/c1-3-22-6-7-23(10(2)16(22)24)15-14(17-9-11-5-4-8-26-11)18-12-13(19-15)21-25-20-12/h4-5,8,10H,3,6-7,9H2,1-2H3,(H,17,18,20)/t10-/m0/s1. The number of anilines is 2. The largest absolute Gasteiger partial charge is 0.362 e. The Morgan fingerprint density at radius 3 is 2.85 bits per heavy atom. The highest BCUT2D eigenvalue weighted by Gasteiger charge is 2.33. The molecule has 136 valence electrons. The molecule has 3 aromatic heterocycles. The van der Waals surface area contributed by atoms with Crippen LogP contribution in [0.15, 0.2) is 22.1 Å². The van der Waals surface area contributed by atoms with Crippen LogP contribution in [0.2, 0.25) is 0 Å². The number of nitrogens with one attached hydrogen (secondary N) is 1. The van der Waals surface area contributed by atoms with E-state index in [1.807, 2.05) is 41.2 Å². The summed E-state index contributed by atoms with van der Waals surface area (Å²) < 4.78 is 4.75. The molecule has 1 aliphatic rings. The minimum Gasteiger partial charge on any atom is -0.362 e. The highest BCUT2D eigenvalue weighted by molar-refractivity contribution is 7.09. The van der Waals surface area contributed by atoms with E-state index in [0.717, 1.165) is 0 Å². The van der Waals surface area contributed by atoms with Gasteiger partial charge in [-0.25, -0.2) is 14.6 Å². The third kappa shape index (κ3) is 2.96. The zero-order valence-electron chi connectivity index (χ0n) is 14.5. The van der Waals surface area contributed by atoms with E-state index in [2.05, 4.69) is 25.6 Å².